The molecule has 1 atom stereocenters. The van der Waals surface area contributed by atoms with Gasteiger partial charge in [0.2, 0.25) is 0 Å². The molecule has 3 heterocycles. The molecule has 2 aliphatic carbocycles. The fourth-order valence-corrected chi connectivity index (χ4v) is 6.26. The van der Waals surface area contributed by atoms with Gasteiger partial charge in [-0.05, 0) is 51.5 Å². The standard InChI is InChI=1S/C25H31F2N5O3S/c1-13-5-4-8-32(13)25(35)20-21(36-24(31-20)23(34)30-15-9-16(33)10-15)18-12-28-19(11-17(18)22(26)27)29-14-6-2-3-7-14/h11-16,22,33H,2-10H2,1H3,(H,28,29)(H,30,34)/t13-,15?,16?/m0/s1. The van der Waals surface area contributed by atoms with E-state index in [1.165, 1.54) is 12.3 Å². The number of nitrogens with one attached hydrogen (secondary N) is 2. The Labute approximate surface area is 212 Å². The third-order valence-corrected chi connectivity index (χ3v) is 8.50. The van der Waals surface area contributed by atoms with E-state index in [2.05, 4.69) is 20.6 Å². The highest BCUT2D eigenvalue weighted by molar-refractivity contribution is 7.17. The first-order valence-corrected chi connectivity index (χ1v) is 13.5. The van der Waals surface area contributed by atoms with Crippen molar-refractivity contribution in [3.63, 3.8) is 0 Å². The quantitative estimate of drug-likeness (QED) is 0.501. The Hall–Kier alpha value is -2.66. The molecule has 1 aliphatic heterocycles. The third-order valence-electron chi connectivity index (χ3n) is 7.41. The van der Waals surface area contributed by atoms with Crippen LogP contribution in [0.4, 0.5) is 14.6 Å². The van der Waals surface area contributed by atoms with Gasteiger partial charge in [0.05, 0.1) is 11.0 Å². The summed E-state index contributed by atoms with van der Waals surface area (Å²) in [6, 6.07) is 1.40. The molecule has 0 spiro atoms. The molecule has 2 aromatic heterocycles. The molecule has 0 bridgehead atoms. The van der Waals surface area contributed by atoms with Crippen LogP contribution >= 0.6 is 11.3 Å². The van der Waals surface area contributed by atoms with Crippen molar-refractivity contribution < 1.29 is 23.5 Å². The number of halogens is 2. The molecule has 3 fully saturated rings. The smallest absolute Gasteiger partial charge is 0.280 e. The van der Waals surface area contributed by atoms with Crippen LogP contribution < -0.4 is 10.6 Å². The Morgan fingerprint density at radius 1 is 1.17 bits per heavy atom. The van der Waals surface area contributed by atoms with Crippen molar-refractivity contribution in [1.29, 1.82) is 0 Å². The highest BCUT2D eigenvalue weighted by atomic mass is 32.1. The van der Waals surface area contributed by atoms with Crippen LogP contribution in [0, 0.1) is 0 Å². The molecular formula is C25H31F2N5O3S. The minimum Gasteiger partial charge on any atom is -0.393 e. The molecule has 194 valence electrons. The second-order valence-electron chi connectivity index (χ2n) is 10.1. The maximum Gasteiger partial charge on any atom is 0.280 e. The monoisotopic (exact) mass is 519 g/mol. The topological polar surface area (TPSA) is 107 Å². The number of aromatic nitrogens is 2. The van der Waals surface area contributed by atoms with Crippen LogP contribution in [0.25, 0.3) is 10.4 Å². The lowest BCUT2D eigenvalue weighted by molar-refractivity contribution is 0.0562. The predicted octanol–water partition coefficient (Wildman–Crippen LogP) is 4.37. The molecule has 3 aliphatic rings. The molecule has 2 aromatic rings. The van der Waals surface area contributed by atoms with Gasteiger partial charge in [0, 0.05) is 42.0 Å². The fourth-order valence-electron chi connectivity index (χ4n) is 5.27. The second-order valence-corrected chi connectivity index (χ2v) is 11.1. The number of aliphatic hydroxyl groups is 1. The number of carbonyl (C=O) groups is 2. The summed E-state index contributed by atoms with van der Waals surface area (Å²) in [5, 5.41) is 15.6. The minimum atomic E-state index is -2.79. The first-order chi connectivity index (χ1) is 17.3. The maximum absolute atomic E-state index is 14.3. The normalized spacial score (nSPS) is 24.2. The summed E-state index contributed by atoms with van der Waals surface area (Å²) < 4.78 is 28.5. The minimum absolute atomic E-state index is 0.00599. The number of alkyl halides is 2. The van der Waals surface area contributed by atoms with Gasteiger partial charge < -0.3 is 20.6 Å². The number of rotatable bonds is 7. The predicted molar refractivity (Wildman–Crippen MR) is 132 cm³/mol. The van der Waals surface area contributed by atoms with Crippen LogP contribution in [0.1, 0.15) is 90.6 Å². The number of carbonyl (C=O) groups excluding carboxylic acids is 2. The molecule has 36 heavy (non-hydrogen) atoms. The van der Waals surface area contributed by atoms with E-state index in [-0.39, 0.29) is 50.7 Å². The van der Waals surface area contributed by atoms with E-state index in [1.54, 1.807) is 4.90 Å². The van der Waals surface area contributed by atoms with E-state index in [4.69, 9.17) is 0 Å². The van der Waals surface area contributed by atoms with Crippen LogP contribution in [0.15, 0.2) is 12.3 Å². The van der Waals surface area contributed by atoms with E-state index < -0.39 is 18.4 Å². The van der Waals surface area contributed by atoms with Crippen molar-refractivity contribution in [3.8, 4) is 10.4 Å². The number of pyridine rings is 1. The summed E-state index contributed by atoms with van der Waals surface area (Å²) in [6.07, 6.45) is 4.91. The Bertz CT molecular complexity index is 1130. The average Bonchev–Trinajstić information content (AvgIpc) is 3.58. The van der Waals surface area contributed by atoms with Crippen LogP contribution in [0.3, 0.4) is 0 Å². The summed E-state index contributed by atoms with van der Waals surface area (Å²) in [5.41, 5.74) is -0.118. The number of hydrogen-bond donors (Lipinski definition) is 3. The van der Waals surface area contributed by atoms with E-state index in [9.17, 15) is 23.5 Å². The molecule has 2 amide bonds. The van der Waals surface area contributed by atoms with Gasteiger partial charge in [-0.3, -0.25) is 9.59 Å². The number of nitrogens with zero attached hydrogens (tertiary/aromatic N) is 3. The van der Waals surface area contributed by atoms with Crippen molar-refractivity contribution in [1.82, 2.24) is 20.2 Å². The maximum atomic E-state index is 14.3. The Balaban J connectivity index is 1.50. The summed E-state index contributed by atoms with van der Waals surface area (Å²) in [5.74, 6) is -0.455. The third kappa shape index (κ3) is 5.08. The number of anilines is 1. The zero-order chi connectivity index (χ0) is 25.4. The molecule has 0 aromatic carbocycles. The lowest BCUT2D eigenvalue weighted by atomic mass is 9.89. The lowest BCUT2D eigenvalue weighted by Crippen LogP contribution is -2.46. The van der Waals surface area contributed by atoms with Crippen LogP contribution in [0.2, 0.25) is 0 Å². The summed E-state index contributed by atoms with van der Waals surface area (Å²) >= 11 is 0.930. The molecular weight excluding hydrogens is 488 g/mol. The first kappa shape index (κ1) is 25.0. The SMILES string of the molecule is C[C@H]1CCCN1C(=O)c1nc(C(=O)NC2CC(O)C2)sc1-c1cnc(NC2CCCC2)cc1C(F)F. The molecule has 0 radical (unpaired) electrons. The van der Waals surface area contributed by atoms with Gasteiger partial charge in [0.1, 0.15) is 11.5 Å². The van der Waals surface area contributed by atoms with E-state index in [1.807, 2.05) is 6.92 Å². The molecule has 1 saturated heterocycles. The summed E-state index contributed by atoms with van der Waals surface area (Å²) in [6.45, 7) is 2.50. The lowest BCUT2D eigenvalue weighted by Gasteiger charge is -2.31. The van der Waals surface area contributed by atoms with Crippen molar-refractivity contribution in [3.05, 3.63) is 28.5 Å². The van der Waals surface area contributed by atoms with Gasteiger partial charge in [-0.25, -0.2) is 18.7 Å². The van der Waals surface area contributed by atoms with E-state index >= 15 is 0 Å². The Kier molecular flexibility index (Phi) is 7.21. The van der Waals surface area contributed by atoms with Gasteiger partial charge in [-0.2, -0.15) is 0 Å². The number of thiazole rings is 1. The van der Waals surface area contributed by atoms with Crippen molar-refractivity contribution in [2.75, 3.05) is 11.9 Å². The highest BCUT2D eigenvalue weighted by Crippen LogP contribution is 2.39. The fraction of sp³-hybridized carbons (Fsp3) is 0.600. The molecule has 2 saturated carbocycles. The summed E-state index contributed by atoms with van der Waals surface area (Å²) in [4.78, 5) is 37.0. The molecule has 3 N–H and O–H groups in total. The molecule has 11 heteroatoms. The Morgan fingerprint density at radius 2 is 1.92 bits per heavy atom. The molecule has 8 nitrogen and oxygen atoms in total. The van der Waals surface area contributed by atoms with Crippen molar-refractivity contribution in [2.45, 2.75) is 88.9 Å². The molecule has 0 unspecified atom stereocenters. The summed E-state index contributed by atoms with van der Waals surface area (Å²) in [7, 11) is 0. The van der Waals surface area contributed by atoms with Crippen LogP contribution in [-0.4, -0.2) is 62.6 Å². The molecule has 5 rings (SSSR count). The van der Waals surface area contributed by atoms with Crippen LogP contribution in [0.5, 0.6) is 0 Å². The van der Waals surface area contributed by atoms with Gasteiger partial charge in [0.15, 0.2) is 5.01 Å². The average molecular weight is 520 g/mol. The number of likely N-dealkylation sites (tertiary alicyclic amines) is 1. The van der Waals surface area contributed by atoms with E-state index in [0.717, 1.165) is 49.9 Å². The second kappa shape index (κ2) is 10.4. The largest absolute Gasteiger partial charge is 0.393 e. The van der Waals surface area contributed by atoms with Gasteiger partial charge in [0.25, 0.3) is 18.2 Å². The van der Waals surface area contributed by atoms with Gasteiger partial charge in [-0.15, -0.1) is 11.3 Å². The van der Waals surface area contributed by atoms with Crippen LogP contribution in [-0.2, 0) is 0 Å². The van der Waals surface area contributed by atoms with Crippen molar-refractivity contribution in [2.24, 2.45) is 0 Å². The first-order valence-electron chi connectivity index (χ1n) is 12.7. The number of aliphatic hydroxyl groups excluding tert-OH is 1. The Morgan fingerprint density at radius 3 is 2.56 bits per heavy atom. The van der Waals surface area contributed by atoms with E-state index in [0.29, 0.717) is 25.2 Å². The zero-order valence-corrected chi connectivity index (χ0v) is 21.0. The highest BCUT2D eigenvalue weighted by Gasteiger charge is 2.34. The van der Waals surface area contributed by atoms with Gasteiger partial charge >= 0.3 is 0 Å². The van der Waals surface area contributed by atoms with Crippen molar-refractivity contribution >= 4 is 29.0 Å². The number of amides is 2. The number of hydrogen-bond acceptors (Lipinski definition) is 7. The van der Waals surface area contributed by atoms with Gasteiger partial charge in [-0.1, -0.05) is 12.8 Å². The zero-order valence-electron chi connectivity index (χ0n) is 20.2.